The maximum Gasteiger partial charge on any atom is 0.260 e. The Morgan fingerprint density at radius 2 is 1.34 bits per heavy atom. The monoisotopic (exact) mass is 699 g/mol. The Hall–Kier alpha value is -3.28. The summed E-state index contributed by atoms with van der Waals surface area (Å²) < 4.78 is 82.7. The molecule has 2 aliphatic rings. The van der Waals surface area contributed by atoms with Crippen molar-refractivity contribution in [2.75, 3.05) is 44.2 Å². The van der Waals surface area contributed by atoms with E-state index >= 15 is 0 Å². The third-order valence-electron chi connectivity index (χ3n) is 9.04. The van der Waals surface area contributed by atoms with Gasteiger partial charge >= 0.3 is 0 Å². The zero-order valence-electron chi connectivity index (χ0n) is 25.4. The van der Waals surface area contributed by atoms with Crippen LogP contribution in [0.3, 0.4) is 0 Å². The summed E-state index contributed by atoms with van der Waals surface area (Å²) in [6, 6.07) is 11.5. The van der Waals surface area contributed by atoms with Gasteiger partial charge in [0.1, 0.15) is 11.4 Å². The molecule has 2 amide bonds. The summed E-state index contributed by atoms with van der Waals surface area (Å²) in [5.41, 5.74) is 0.152. The lowest BCUT2D eigenvalue weighted by atomic mass is 9.90. The molecule has 0 radical (unpaired) electrons. The molecule has 0 saturated carbocycles. The van der Waals surface area contributed by atoms with Gasteiger partial charge in [-0.25, -0.2) is 26.3 Å². The van der Waals surface area contributed by atoms with E-state index in [0.29, 0.717) is 29.6 Å². The molecular weight excluding hydrogens is 667 g/mol. The van der Waals surface area contributed by atoms with Gasteiger partial charge in [-0.15, -0.1) is 0 Å². The van der Waals surface area contributed by atoms with Crippen LogP contribution < -0.4 is 4.90 Å². The molecule has 0 aromatic heterocycles. The van der Waals surface area contributed by atoms with Crippen LogP contribution in [0.25, 0.3) is 0 Å². The molecule has 5 rings (SSSR count). The standard InChI is InChI=1S/C34H33Cl2F6N3O2/c35-25-7-6-24(19-26(25)36)45(13-1-12-43-14-8-21(9-15-43)18-20-2-4-23(37)5-3-20)33(46)22-10-16-44(17-11-22)34(47)27-28(38)30(40)32(42)31(41)29(27)39/h2-7,19,21-22H,1,8-18H2. The number of benzene rings is 3. The maximum absolute atomic E-state index is 14.3. The molecule has 13 heteroatoms. The number of carbonyl (C=O) groups excluding carboxylic acids is 2. The van der Waals surface area contributed by atoms with Crippen molar-refractivity contribution < 1.29 is 35.9 Å². The van der Waals surface area contributed by atoms with Crippen LogP contribution in [-0.4, -0.2) is 60.9 Å². The van der Waals surface area contributed by atoms with Crippen molar-refractivity contribution >= 4 is 40.7 Å². The molecule has 2 aliphatic heterocycles. The SMILES string of the molecule is O=C(c1c(F)c(F)c(F)c(F)c1F)N1CCC(C(=O)N(CCCN2CCC(Cc3ccc(F)cc3)CC2)c2ccc(Cl)c(Cl)c2)CC1. The minimum Gasteiger partial charge on any atom is -0.338 e. The van der Waals surface area contributed by atoms with E-state index < -0.39 is 46.5 Å². The number of hydrogen-bond acceptors (Lipinski definition) is 3. The molecular formula is C34H33Cl2F6N3O2. The van der Waals surface area contributed by atoms with Crippen molar-refractivity contribution in [1.29, 1.82) is 0 Å². The van der Waals surface area contributed by atoms with Gasteiger partial charge in [0.2, 0.25) is 11.7 Å². The molecule has 3 aromatic rings. The van der Waals surface area contributed by atoms with Gasteiger partial charge in [-0.1, -0.05) is 35.3 Å². The van der Waals surface area contributed by atoms with Crippen LogP contribution in [0, 0.1) is 46.7 Å². The normalized spacial score (nSPS) is 16.5. The average Bonchev–Trinajstić information content (AvgIpc) is 3.08. The second kappa shape index (κ2) is 15.3. The summed E-state index contributed by atoms with van der Waals surface area (Å²) in [7, 11) is 0. The first kappa shape index (κ1) is 35.0. The molecule has 2 fully saturated rings. The topological polar surface area (TPSA) is 43.9 Å². The number of hydrogen-bond donors (Lipinski definition) is 0. The third-order valence-corrected chi connectivity index (χ3v) is 9.78. The van der Waals surface area contributed by atoms with Crippen LogP contribution in [0.5, 0.6) is 0 Å². The molecule has 2 heterocycles. The van der Waals surface area contributed by atoms with E-state index in [1.54, 1.807) is 23.1 Å². The third kappa shape index (κ3) is 8.06. The molecule has 3 aromatic carbocycles. The van der Waals surface area contributed by atoms with E-state index in [9.17, 15) is 35.9 Å². The fourth-order valence-electron chi connectivity index (χ4n) is 6.34. The van der Waals surface area contributed by atoms with E-state index in [1.165, 1.54) is 12.1 Å². The van der Waals surface area contributed by atoms with Crippen molar-refractivity contribution in [3.63, 3.8) is 0 Å². The summed E-state index contributed by atoms with van der Waals surface area (Å²) in [6.07, 6.45) is 3.83. The van der Waals surface area contributed by atoms with Gasteiger partial charge in [0.05, 0.1) is 10.0 Å². The Bertz CT molecular complexity index is 1580. The van der Waals surface area contributed by atoms with Crippen molar-refractivity contribution in [2.45, 2.75) is 38.5 Å². The van der Waals surface area contributed by atoms with Crippen molar-refractivity contribution in [1.82, 2.24) is 9.80 Å². The van der Waals surface area contributed by atoms with Crippen LogP contribution in [0.4, 0.5) is 32.0 Å². The zero-order chi connectivity index (χ0) is 33.8. The Morgan fingerprint density at radius 1 is 0.745 bits per heavy atom. The van der Waals surface area contributed by atoms with Gasteiger partial charge in [-0.3, -0.25) is 9.59 Å². The highest BCUT2D eigenvalue weighted by atomic mass is 35.5. The quantitative estimate of drug-likeness (QED) is 0.129. The average molecular weight is 701 g/mol. The molecule has 0 spiro atoms. The first-order chi connectivity index (χ1) is 22.4. The summed E-state index contributed by atoms with van der Waals surface area (Å²) in [4.78, 5) is 31.6. The number of carbonyl (C=O) groups is 2. The maximum atomic E-state index is 14.3. The highest BCUT2D eigenvalue weighted by Crippen LogP contribution is 2.31. The van der Waals surface area contributed by atoms with E-state index in [-0.39, 0.29) is 42.7 Å². The lowest BCUT2D eigenvalue weighted by molar-refractivity contribution is -0.123. The smallest absolute Gasteiger partial charge is 0.260 e. The van der Waals surface area contributed by atoms with Crippen molar-refractivity contribution in [2.24, 2.45) is 11.8 Å². The van der Waals surface area contributed by atoms with Gasteiger partial charge in [-0.2, -0.15) is 0 Å². The zero-order valence-corrected chi connectivity index (χ0v) is 26.9. The predicted molar refractivity (Wildman–Crippen MR) is 168 cm³/mol. The van der Waals surface area contributed by atoms with Crippen LogP contribution in [0.2, 0.25) is 10.0 Å². The van der Waals surface area contributed by atoms with Gasteiger partial charge < -0.3 is 14.7 Å². The number of likely N-dealkylation sites (tertiary alicyclic amines) is 2. The number of amides is 2. The largest absolute Gasteiger partial charge is 0.338 e. The van der Waals surface area contributed by atoms with E-state index in [4.69, 9.17) is 23.2 Å². The Kier molecular flexibility index (Phi) is 11.4. The number of rotatable bonds is 9. The summed E-state index contributed by atoms with van der Waals surface area (Å²) >= 11 is 12.4. The van der Waals surface area contributed by atoms with Crippen LogP contribution >= 0.6 is 23.2 Å². The fraction of sp³-hybridized carbons (Fsp3) is 0.412. The van der Waals surface area contributed by atoms with Gasteiger partial charge in [-0.05, 0) is 100.0 Å². The molecule has 0 atom stereocenters. The second-order valence-corrected chi connectivity index (χ2v) is 12.9. The summed E-state index contributed by atoms with van der Waals surface area (Å²) in [6.45, 7) is 2.71. The van der Waals surface area contributed by atoms with Crippen LogP contribution in [0.15, 0.2) is 42.5 Å². The highest BCUT2D eigenvalue weighted by Gasteiger charge is 2.36. The molecule has 252 valence electrons. The minimum atomic E-state index is -2.34. The number of anilines is 1. The lowest BCUT2D eigenvalue weighted by Gasteiger charge is -2.35. The van der Waals surface area contributed by atoms with Crippen molar-refractivity contribution in [3.8, 4) is 0 Å². The second-order valence-electron chi connectivity index (χ2n) is 12.1. The fourth-order valence-corrected chi connectivity index (χ4v) is 6.63. The Balaban J connectivity index is 1.19. The highest BCUT2D eigenvalue weighted by molar-refractivity contribution is 6.42. The predicted octanol–water partition coefficient (Wildman–Crippen LogP) is 8.06. The molecule has 0 aliphatic carbocycles. The Morgan fingerprint density at radius 3 is 1.94 bits per heavy atom. The molecule has 0 N–H and O–H groups in total. The molecule has 2 saturated heterocycles. The van der Waals surface area contributed by atoms with Gasteiger partial charge in [0, 0.05) is 31.2 Å². The van der Waals surface area contributed by atoms with Crippen LogP contribution in [-0.2, 0) is 11.2 Å². The van der Waals surface area contributed by atoms with Gasteiger partial charge in [0.15, 0.2) is 23.3 Å². The number of piperidine rings is 2. The number of halogens is 8. The van der Waals surface area contributed by atoms with E-state index in [1.807, 2.05) is 12.1 Å². The first-order valence-electron chi connectivity index (χ1n) is 15.5. The summed E-state index contributed by atoms with van der Waals surface area (Å²) in [5.74, 6) is -13.0. The Labute approximate surface area is 279 Å². The van der Waals surface area contributed by atoms with E-state index in [2.05, 4.69) is 4.90 Å². The first-order valence-corrected chi connectivity index (χ1v) is 16.2. The summed E-state index contributed by atoms with van der Waals surface area (Å²) in [5, 5.41) is 0.597. The minimum absolute atomic E-state index is 0.114. The molecule has 47 heavy (non-hydrogen) atoms. The lowest BCUT2D eigenvalue weighted by Crippen LogP contribution is -2.45. The van der Waals surface area contributed by atoms with Crippen LogP contribution in [0.1, 0.15) is 48.0 Å². The molecule has 0 bridgehead atoms. The van der Waals surface area contributed by atoms with Crippen molar-refractivity contribution in [3.05, 3.63) is 98.5 Å². The van der Waals surface area contributed by atoms with E-state index in [0.717, 1.165) is 49.4 Å². The molecule has 0 unspecified atom stereocenters. The van der Waals surface area contributed by atoms with Gasteiger partial charge in [0.25, 0.3) is 5.91 Å². The number of nitrogens with zero attached hydrogens (tertiary/aromatic N) is 3. The molecule has 5 nitrogen and oxygen atoms in total.